The van der Waals surface area contributed by atoms with Crippen molar-refractivity contribution < 1.29 is 4.79 Å². The fourth-order valence-electron chi connectivity index (χ4n) is 3.87. The second-order valence-electron chi connectivity index (χ2n) is 8.18. The Hall–Kier alpha value is -3.46. The predicted octanol–water partition coefficient (Wildman–Crippen LogP) is 3.62. The van der Waals surface area contributed by atoms with E-state index in [9.17, 15) is 4.79 Å². The zero-order valence-corrected chi connectivity index (χ0v) is 23.1. The van der Waals surface area contributed by atoms with E-state index in [1.54, 1.807) is 12.3 Å². The van der Waals surface area contributed by atoms with Gasteiger partial charge in [0.15, 0.2) is 0 Å². The standard InChI is InChI=1S/C31H24N2OSe2/c1-22-20-28(35-23-12-4-2-5-13-23)30(29(21-22)36-24-14-6-3-7-15-24)25-16-8-9-17-26(25)33-31(34)27-18-10-11-19-32-27/h2-21H,1H3,(H,33,34). The van der Waals surface area contributed by atoms with Crippen molar-refractivity contribution in [2.45, 2.75) is 6.92 Å². The van der Waals surface area contributed by atoms with Crippen molar-refractivity contribution in [3.63, 3.8) is 0 Å². The number of carbonyl (C=O) groups excluding carboxylic acids is 1. The molecule has 5 rings (SSSR count). The number of rotatable bonds is 7. The molecule has 0 aliphatic rings. The summed E-state index contributed by atoms with van der Waals surface area (Å²) in [4.78, 5) is 17.3. The number of hydrogen-bond donors (Lipinski definition) is 1. The molecule has 1 N–H and O–H groups in total. The zero-order valence-electron chi connectivity index (χ0n) is 19.7. The first-order valence-electron chi connectivity index (χ1n) is 11.6. The molecule has 5 heteroatoms. The normalized spacial score (nSPS) is 10.7. The molecule has 0 spiro atoms. The average Bonchev–Trinajstić information content (AvgIpc) is 2.91. The average molecular weight is 598 g/mol. The summed E-state index contributed by atoms with van der Waals surface area (Å²) in [6, 6.07) is 39.4. The molecule has 0 unspecified atom stereocenters. The fourth-order valence-corrected chi connectivity index (χ4v) is 8.87. The predicted molar refractivity (Wildman–Crippen MR) is 152 cm³/mol. The van der Waals surface area contributed by atoms with Crippen LogP contribution in [-0.4, -0.2) is 40.8 Å². The van der Waals surface area contributed by atoms with Gasteiger partial charge in [0.25, 0.3) is 0 Å². The molecular formula is C31H24N2OSe2. The molecule has 5 aromatic rings. The van der Waals surface area contributed by atoms with Crippen LogP contribution in [0.5, 0.6) is 0 Å². The number of aromatic nitrogens is 1. The summed E-state index contributed by atoms with van der Waals surface area (Å²) in [6.07, 6.45) is 1.64. The van der Waals surface area contributed by atoms with Gasteiger partial charge in [-0.3, -0.25) is 0 Å². The molecular weight excluding hydrogens is 574 g/mol. The SMILES string of the molecule is Cc1cc([Se]c2ccccc2)c(-c2ccccc2NC(=O)c2ccccn2)c([Se]c2ccccc2)c1. The number of nitrogens with zero attached hydrogens (tertiary/aromatic N) is 1. The van der Waals surface area contributed by atoms with Crippen molar-refractivity contribution in [2.24, 2.45) is 0 Å². The van der Waals surface area contributed by atoms with Gasteiger partial charge in [0, 0.05) is 0 Å². The molecule has 1 heterocycles. The van der Waals surface area contributed by atoms with E-state index in [2.05, 4.69) is 96.1 Å². The molecule has 1 amide bonds. The number of para-hydroxylation sites is 1. The topological polar surface area (TPSA) is 42.0 Å². The van der Waals surface area contributed by atoms with Crippen molar-refractivity contribution in [1.29, 1.82) is 0 Å². The molecule has 0 aliphatic heterocycles. The Morgan fingerprint density at radius 1 is 0.694 bits per heavy atom. The van der Waals surface area contributed by atoms with E-state index >= 15 is 0 Å². The number of amides is 1. The summed E-state index contributed by atoms with van der Waals surface area (Å²) in [7, 11) is 0. The van der Waals surface area contributed by atoms with Crippen LogP contribution in [-0.2, 0) is 0 Å². The van der Waals surface area contributed by atoms with Gasteiger partial charge in [-0.2, -0.15) is 0 Å². The fraction of sp³-hybridized carbons (Fsp3) is 0.0323. The van der Waals surface area contributed by atoms with Crippen LogP contribution < -0.4 is 23.2 Å². The van der Waals surface area contributed by atoms with E-state index in [0.29, 0.717) is 5.69 Å². The number of benzene rings is 4. The molecule has 0 bridgehead atoms. The van der Waals surface area contributed by atoms with Gasteiger partial charge in [-0.1, -0.05) is 0 Å². The number of carbonyl (C=O) groups is 1. The molecule has 0 saturated carbocycles. The first-order chi connectivity index (χ1) is 17.7. The van der Waals surface area contributed by atoms with Crippen LogP contribution in [0.25, 0.3) is 11.1 Å². The summed E-state index contributed by atoms with van der Waals surface area (Å²) in [5.74, 6) is -0.208. The molecule has 0 fully saturated rings. The van der Waals surface area contributed by atoms with Crippen LogP contribution in [0.2, 0.25) is 0 Å². The Kier molecular flexibility index (Phi) is 7.76. The van der Waals surface area contributed by atoms with Gasteiger partial charge in [0.2, 0.25) is 0 Å². The quantitative estimate of drug-likeness (QED) is 0.291. The summed E-state index contributed by atoms with van der Waals surface area (Å²) in [5.41, 5.74) is 4.73. The van der Waals surface area contributed by atoms with E-state index in [0.717, 1.165) is 11.3 Å². The van der Waals surface area contributed by atoms with Crippen LogP contribution in [0.15, 0.2) is 121 Å². The number of anilines is 1. The van der Waals surface area contributed by atoms with Crippen molar-refractivity contribution in [3.05, 3.63) is 133 Å². The maximum atomic E-state index is 13.0. The van der Waals surface area contributed by atoms with Gasteiger partial charge in [0.1, 0.15) is 0 Å². The second kappa shape index (κ2) is 11.5. The molecule has 3 nitrogen and oxygen atoms in total. The van der Waals surface area contributed by atoms with E-state index < -0.39 is 0 Å². The summed E-state index contributed by atoms with van der Waals surface area (Å²) >= 11 is 0.227. The third-order valence-electron chi connectivity index (χ3n) is 5.49. The monoisotopic (exact) mass is 600 g/mol. The molecule has 1 aromatic heterocycles. The Morgan fingerprint density at radius 3 is 1.83 bits per heavy atom. The van der Waals surface area contributed by atoms with Crippen molar-refractivity contribution in [3.8, 4) is 11.1 Å². The third-order valence-corrected chi connectivity index (χ3v) is 9.90. The molecule has 36 heavy (non-hydrogen) atoms. The Balaban J connectivity index is 1.63. The van der Waals surface area contributed by atoms with Crippen molar-refractivity contribution in [1.82, 2.24) is 4.98 Å². The van der Waals surface area contributed by atoms with Gasteiger partial charge < -0.3 is 0 Å². The molecule has 0 saturated heterocycles. The van der Waals surface area contributed by atoms with E-state index in [4.69, 9.17) is 0 Å². The summed E-state index contributed by atoms with van der Waals surface area (Å²) in [5, 5.41) is 3.13. The Bertz CT molecular complexity index is 1410. The van der Waals surface area contributed by atoms with Crippen molar-refractivity contribution >= 4 is 59.4 Å². The number of aryl methyl sites for hydroxylation is 1. The zero-order chi connectivity index (χ0) is 24.7. The third kappa shape index (κ3) is 5.84. The van der Waals surface area contributed by atoms with Gasteiger partial charge >= 0.3 is 225 Å². The van der Waals surface area contributed by atoms with Crippen LogP contribution >= 0.6 is 0 Å². The number of hydrogen-bond acceptors (Lipinski definition) is 2. The van der Waals surface area contributed by atoms with E-state index in [1.807, 2.05) is 30.3 Å². The first-order valence-corrected chi connectivity index (χ1v) is 15.0. The summed E-state index contributed by atoms with van der Waals surface area (Å²) in [6.45, 7) is 2.17. The van der Waals surface area contributed by atoms with E-state index in [-0.39, 0.29) is 35.8 Å². The van der Waals surface area contributed by atoms with Gasteiger partial charge in [-0.25, -0.2) is 0 Å². The maximum absolute atomic E-state index is 13.0. The second-order valence-corrected chi connectivity index (χ2v) is 12.9. The summed E-state index contributed by atoms with van der Waals surface area (Å²) < 4.78 is 5.29. The van der Waals surface area contributed by atoms with Crippen molar-refractivity contribution in [2.75, 3.05) is 5.32 Å². The van der Waals surface area contributed by atoms with Crippen LogP contribution in [0.4, 0.5) is 5.69 Å². The molecule has 0 radical (unpaired) electrons. The van der Waals surface area contributed by atoms with E-state index in [1.165, 1.54) is 29.0 Å². The number of nitrogens with one attached hydrogen (secondary N) is 1. The molecule has 0 aliphatic carbocycles. The van der Waals surface area contributed by atoms with Crippen LogP contribution in [0.1, 0.15) is 16.1 Å². The molecule has 0 atom stereocenters. The van der Waals surface area contributed by atoms with Gasteiger partial charge in [-0.15, -0.1) is 0 Å². The van der Waals surface area contributed by atoms with Crippen LogP contribution in [0, 0.1) is 6.92 Å². The first kappa shape index (κ1) is 24.2. The minimum absolute atomic E-state index is 0.113. The Morgan fingerprint density at radius 2 is 1.25 bits per heavy atom. The molecule has 176 valence electrons. The van der Waals surface area contributed by atoms with Gasteiger partial charge in [-0.05, 0) is 0 Å². The minimum atomic E-state index is -0.208. The Labute approximate surface area is 224 Å². The van der Waals surface area contributed by atoms with Crippen LogP contribution in [0.3, 0.4) is 0 Å². The number of pyridine rings is 1. The van der Waals surface area contributed by atoms with Gasteiger partial charge in [0.05, 0.1) is 0 Å². The molecule has 4 aromatic carbocycles.